The molecular formula is C15H17FO2. The molecule has 3 heteroatoms. The summed E-state index contributed by atoms with van der Waals surface area (Å²) in [6.07, 6.45) is 4.68. The largest absolute Gasteiger partial charge is 0.465 e. The first kappa shape index (κ1) is 12.8. The number of esters is 1. The van der Waals surface area contributed by atoms with Gasteiger partial charge in [-0.2, -0.15) is 0 Å². The molecule has 1 aromatic rings. The smallest absolute Gasteiger partial charge is 0.340 e. The fourth-order valence-electron chi connectivity index (χ4n) is 2.50. The normalized spacial score (nSPS) is 15.7. The van der Waals surface area contributed by atoms with Crippen molar-refractivity contribution >= 4 is 11.5 Å². The Labute approximate surface area is 106 Å². The Hall–Kier alpha value is -1.64. The standard InChI is InChI=1S/C15H17FO2/c1-10(11-5-3-4-6-11)12-7-8-13(14(16)9-12)15(17)18-2/h7-9,11H,1,3-6H2,2H3. The Balaban J connectivity index is 2.22. The van der Waals surface area contributed by atoms with Gasteiger partial charge in [-0.05, 0) is 42.0 Å². The van der Waals surface area contributed by atoms with E-state index in [0.717, 1.165) is 24.0 Å². The average molecular weight is 248 g/mol. The van der Waals surface area contributed by atoms with Crippen LogP contribution in [0.1, 0.15) is 41.6 Å². The molecule has 1 aromatic carbocycles. The lowest BCUT2D eigenvalue weighted by atomic mass is 9.92. The molecular weight excluding hydrogens is 231 g/mol. The molecule has 2 nitrogen and oxygen atoms in total. The number of methoxy groups -OCH3 is 1. The summed E-state index contributed by atoms with van der Waals surface area (Å²) in [5, 5.41) is 0. The average Bonchev–Trinajstić information content (AvgIpc) is 2.90. The van der Waals surface area contributed by atoms with E-state index in [4.69, 9.17) is 0 Å². The van der Waals surface area contributed by atoms with Gasteiger partial charge in [-0.15, -0.1) is 0 Å². The van der Waals surface area contributed by atoms with Gasteiger partial charge >= 0.3 is 5.97 Å². The molecule has 1 fully saturated rings. The van der Waals surface area contributed by atoms with Crippen LogP contribution in [0.25, 0.3) is 5.57 Å². The summed E-state index contributed by atoms with van der Waals surface area (Å²) in [6, 6.07) is 4.60. The second kappa shape index (κ2) is 5.34. The van der Waals surface area contributed by atoms with E-state index < -0.39 is 11.8 Å². The van der Waals surface area contributed by atoms with Crippen molar-refractivity contribution in [2.24, 2.45) is 5.92 Å². The van der Waals surface area contributed by atoms with Crippen LogP contribution in [0.2, 0.25) is 0 Å². The summed E-state index contributed by atoms with van der Waals surface area (Å²) in [4.78, 5) is 11.3. The van der Waals surface area contributed by atoms with Crippen LogP contribution < -0.4 is 0 Å². The number of halogens is 1. The molecule has 0 aromatic heterocycles. The number of carbonyl (C=O) groups is 1. The Morgan fingerprint density at radius 3 is 2.61 bits per heavy atom. The van der Waals surface area contributed by atoms with E-state index in [1.165, 1.54) is 32.1 Å². The molecule has 0 saturated heterocycles. The first-order chi connectivity index (χ1) is 8.63. The van der Waals surface area contributed by atoms with E-state index in [1.54, 1.807) is 6.07 Å². The molecule has 1 aliphatic rings. The van der Waals surface area contributed by atoms with E-state index in [2.05, 4.69) is 11.3 Å². The van der Waals surface area contributed by atoms with Crippen molar-refractivity contribution in [1.82, 2.24) is 0 Å². The summed E-state index contributed by atoms with van der Waals surface area (Å²) in [5.41, 5.74) is 1.73. The number of hydrogen-bond acceptors (Lipinski definition) is 2. The second-order valence-corrected chi connectivity index (χ2v) is 4.69. The highest BCUT2D eigenvalue weighted by Crippen LogP contribution is 2.35. The highest BCUT2D eigenvalue weighted by atomic mass is 19.1. The monoisotopic (exact) mass is 248 g/mol. The van der Waals surface area contributed by atoms with Crippen molar-refractivity contribution in [2.45, 2.75) is 25.7 Å². The zero-order chi connectivity index (χ0) is 13.1. The molecule has 96 valence electrons. The number of carbonyl (C=O) groups excluding carboxylic acids is 1. The first-order valence-electron chi connectivity index (χ1n) is 6.20. The van der Waals surface area contributed by atoms with Crippen LogP contribution in [0, 0.1) is 11.7 Å². The number of allylic oxidation sites excluding steroid dienone is 1. The van der Waals surface area contributed by atoms with Gasteiger partial charge in [-0.1, -0.05) is 25.5 Å². The molecule has 18 heavy (non-hydrogen) atoms. The first-order valence-corrected chi connectivity index (χ1v) is 6.20. The van der Waals surface area contributed by atoms with Gasteiger partial charge in [0, 0.05) is 0 Å². The molecule has 1 saturated carbocycles. The van der Waals surface area contributed by atoms with Gasteiger partial charge < -0.3 is 4.74 Å². The Bertz CT molecular complexity index is 473. The quantitative estimate of drug-likeness (QED) is 0.760. The van der Waals surface area contributed by atoms with Crippen LogP contribution >= 0.6 is 0 Å². The van der Waals surface area contributed by atoms with Gasteiger partial charge in [0.1, 0.15) is 5.82 Å². The molecule has 0 N–H and O–H groups in total. The highest BCUT2D eigenvalue weighted by Gasteiger charge is 2.20. The van der Waals surface area contributed by atoms with E-state index in [9.17, 15) is 9.18 Å². The summed E-state index contributed by atoms with van der Waals surface area (Å²) >= 11 is 0. The molecule has 0 radical (unpaired) electrons. The van der Waals surface area contributed by atoms with Crippen LogP contribution in [-0.2, 0) is 4.74 Å². The van der Waals surface area contributed by atoms with E-state index in [-0.39, 0.29) is 5.56 Å². The topological polar surface area (TPSA) is 26.3 Å². The number of rotatable bonds is 3. The van der Waals surface area contributed by atoms with Crippen molar-refractivity contribution < 1.29 is 13.9 Å². The van der Waals surface area contributed by atoms with Gasteiger partial charge in [0.25, 0.3) is 0 Å². The lowest BCUT2D eigenvalue weighted by molar-refractivity contribution is 0.0595. The molecule has 1 aliphatic carbocycles. The molecule has 0 atom stereocenters. The predicted molar refractivity (Wildman–Crippen MR) is 68.7 cm³/mol. The summed E-state index contributed by atoms with van der Waals surface area (Å²) in [6.45, 7) is 4.06. The maximum Gasteiger partial charge on any atom is 0.340 e. The fraction of sp³-hybridized carbons (Fsp3) is 0.400. The Kier molecular flexibility index (Phi) is 3.80. The van der Waals surface area contributed by atoms with Crippen molar-refractivity contribution in [2.75, 3.05) is 7.11 Å². The van der Waals surface area contributed by atoms with Crippen LogP contribution in [0.4, 0.5) is 4.39 Å². The minimum Gasteiger partial charge on any atom is -0.465 e. The molecule has 0 amide bonds. The van der Waals surface area contributed by atoms with Crippen molar-refractivity contribution in [3.63, 3.8) is 0 Å². The predicted octanol–water partition coefficient (Wildman–Crippen LogP) is 3.82. The molecule has 0 bridgehead atoms. The highest BCUT2D eigenvalue weighted by molar-refractivity contribution is 5.90. The van der Waals surface area contributed by atoms with Gasteiger partial charge in [0.2, 0.25) is 0 Å². The number of ether oxygens (including phenoxy) is 1. The lowest BCUT2D eigenvalue weighted by Gasteiger charge is -2.14. The van der Waals surface area contributed by atoms with Gasteiger partial charge in [0.05, 0.1) is 12.7 Å². The molecule has 0 spiro atoms. The maximum atomic E-state index is 13.8. The van der Waals surface area contributed by atoms with Crippen molar-refractivity contribution in [3.05, 3.63) is 41.7 Å². The Morgan fingerprint density at radius 2 is 2.06 bits per heavy atom. The molecule has 0 aliphatic heterocycles. The molecule has 2 rings (SSSR count). The van der Waals surface area contributed by atoms with Crippen LogP contribution in [0.15, 0.2) is 24.8 Å². The van der Waals surface area contributed by atoms with E-state index in [1.807, 2.05) is 0 Å². The third-order valence-electron chi connectivity index (χ3n) is 3.59. The van der Waals surface area contributed by atoms with Crippen LogP contribution in [-0.4, -0.2) is 13.1 Å². The number of benzene rings is 1. The third kappa shape index (κ3) is 2.45. The third-order valence-corrected chi connectivity index (χ3v) is 3.59. The lowest BCUT2D eigenvalue weighted by Crippen LogP contribution is -2.05. The van der Waals surface area contributed by atoms with E-state index >= 15 is 0 Å². The van der Waals surface area contributed by atoms with Crippen LogP contribution in [0.3, 0.4) is 0 Å². The molecule has 0 unspecified atom stereocenters. The summed E-state index contributed by atoms with van der Waals surface area (Å²) in [7, 11) is 1.24. The minimum atomic E-state index is -0.648. The van der Waals surface area contributed by atoms with E-state index in [0.29, 0.717) is 5.92 Å². The van der Waals surface area contributed by atoms with Crippen LogP contribution in [0.5, 0.6) is 0 Å². The van der Waals surface area contributed by atoms with Gasteiger partial charge in [-0.3, -0.25) is 0 Å². The zero-order valence-electron chi connectivity index (χ0n) is 10.5. The fourth-order valence-corrected chi connectivity index (χ4v) is 2.50. The Morgan fingerprint density at radius 1 is 1.39 bits per heavy atom. The zero-order valence-corrected chi connectivity index (χ0v) is 10.5. The van der Waals surface area contributed by atoms with Crippen molar-refractivity contribution in [1.29, 1.82) is 0 Å². The van der Waals surface area contributed by atoms with Gasteiger partial charge in [0.15, 0.2) is 0 Å². The number of hydrogen-bond donors (Lipinski definition) is 0. The SMILES string of the molecule is C=C(c1ccc(C(=O)OC)c(F)c1)C1CCCC1. The minimum absolute atomic E-state index is 0.0273. The maximum absolute atomic E-state index is 13.8. The van der Waals surface area contributed by atoms with Gasteiger partial charge in [-0.25, -0.2) is 9.18 Å². The second-order valence-electron chi connectivity index (χ2n) is 4.69. The van der Waals surface area contributed by atoms with Crippen molar-refractivity contribution in [3.8, 4) is 0 Å². The molecule has 0 heterocycles. The summed E-state index contributed by atoms with van der Waals surface area (Å²) < 4.78 is 18.3. The summed E-state index contributed by atoms with van der Waals surface area (Å²) in [5.74, 6) is -0.739.